The molecule has 2 atom stereocenters. The quantitative estimate of drug-likeness (QED) is 0.555. The smallest absolute Gasteiger partial charge is 0.250 e. The lowest BCUT2D eigenvalue weighted by Crippen LogP contribution is -2.49. The number of aryl methyl sites for hydroxylation is 1. The second-order valence-electron chi connectivity index (χ2n) is 8.36. The van der Waals surface area contributed by atoms with Crippen molar-refractivity contribution in [3.63, 3.8) is 0 Å². The van der Waals surface area contributed by atoms with Crippen molar-refractivity contribution in [1.29, 1.82) is 0 Å². The van der Waals surface area contributed by atoms with E-state index in [0.29, 0.717) is 59.8 Å². The zero-order valence-corrected chi connectivity index (χ0v) is 18.4. The summed E-state index contributed by atoms with van der Waals surface area (Å²) in [6.45, 7) is 2.06. The minimum Gasteiger partial charge on any atom is -0.461 e. The molecule has 2 aromatic heterocycles. The number of aromatic nitrogens is 1. The van der Waals surface area contributed by atoms with Crippen LogP contribution in [-0.2, 0) is 17.8 Å². The van der Waals surface area contributed by atoms with Gasteiger partial charge in [-0.2, -0.15) is 0 Å². The van der Waals surface area contributed by atoms with E-state index in [1.807, 2.05) is 33.7 Å². The van der Waals surface area contributed by atoms with Crippen molar-refractivity contribution in [2.75, 3.05) is 13.1 Å². The van der Waals surface area contributed by atoms with Crippen molar-refractivity contribution >= 4 is 29.1 Å². The normalized spacial score (nSPS) is 19.9. The Morgan fingerprint density at radius 3 is 2.58 bits per heavy atom. The van der Waals surface area contributed by atoms with Crippen LogP contribution in [0.2, 0.25) is 10.0 Å². The Labute approximate surface area is 190 Å². The van der Waals surface area contributed by atoms with Crippen LogP contribution in [-0.4, -0.2) is 28.5 Å². The first-order valence-corrected chi connectivity index (χ1v) is 11.3. The molecular weight excluding hydrogens is 435 g/mol. The highest BCUT2D eigenvalue weighted by molar-refractivity contribution is 6.39. The van der Waals surface area contributed by atoms with Crippen LogP contribution in [0.25, 0.3) is 11.3 Å². The highest BCUT2D eigenvalue weighted by Crippen LogP contribution is 2.37. The molecule has 2 bridgehead atoms. The molecule has 0 N–H and O–H groups in total. The summed E-state index contributed by atoms with van der Waals surface area (Å²) in [4.78, 5) is 27.1. The summed E-state index contributed by atoms with van der Waals surface area (Å²) in [5.74, 6) is 2.01. The van der Waals surface area contributed by atoms with Crippen LogP contribution in [0.15, 0.2) is 57.7 Å². The predicted molar refractivity (Wildman–Crippen MR) is 121 cm³/mol. The molecule has 1 aromatic carbocycles. The molecule has 1 saturated heterocycles. The van der Waals surface area contributed by atoms with E-state index in [2.05, 4.69) is 0 Å². The van der Waals surface area contributed by atoms with Gasteiger partial charge >= 0.3 is 0 Å². The lowest BCUT2D eigenvalue weighted by molar-refractivity contribution is -0.134. The highest BCUT2D eigenvalue weighted by atomic mass is 35.5. The number of carbonyl (C=O) groups is 1. The monoisotopic (exact) mass is 456 g/mol. The van der Waals surface area contributed by atoms with Crippen LogP contribution in [0.1, 0.15) is 30.2 Å². The van der Waals surface area contributed by atoms with E-state index in [4.69, 9.17) is 27.6 Å². The van der Waals surface area contributed by atoms with Gasteiger partial charge in [0, 0.05) is 50.2 Å². The van der Waals surface area contributed by atoms with Crippen LogP contribution in [0.5, 0.6) is 0 Å². The second-order valence-corrected chi connectivity index (χ2v) is 9.17. The Balaban J connectivity index is 1.25. The van der Waals surface area contributed by atoms with Gasteiger partial charge in [-0.05, 0) is 42.7 Å². The SMILES string of the molecule is O=C(CCc1ccc(-c2c(Cl)cccc2Cl)o1)N1CC2CC(C1)c1cccc(=O)n1C2. The first-order valence-electron chi connectivity index (χ1n) is 10.5. The minimum absolute atomic E-state index is 0.0548. The van der Waals surface area contributed by atoms with Crippen molar-refractivity contribution in [3.05, 3.63) is 80.4 Å². The Hall–Kier alpha value is -2.50. The molecule has 160 valence electrons. The van der Waals surface area contributed by atoms with Gasteiger partial charge in [-0.1, -0.05) is 35.3 Å². The van der Waals surface area contributed by atoms with Crippen LogP contribution < -0.4 is 5.56 Å². The van der Waals surface area contributed by atoms with E-state index in [1.54, 1.807) is 24.3 Å². The van der Waals surface area contributed by atoms with E-state index in [9.17, 15) is 9.59 Å². The van der Waals surface area contributed by atoms with Gasteiger partial charge in [0.2, 0.25) is 5.91 Å². The summed E-state index contributed by atoms with van der Waals surface area (Å²) < 4.78 is 7.81. The van der Waals surface area contributed by atoms with Crippen LogP contribution in [0.4, 0.5) is 0 Å². The van der Waals surface area contributed by atoms with Crippen molar-refractivity contribution in [2.45, 2.75) is 31.7 Å². The summed E-state index contributed by atoms with van der Waals surface area (Å²) >= 11 is 12.5. The van der Waals surface area contributed by atoms with Gasteiger partial charge in [0.15, 0.2) is 0 Å². The molecule has 2 unspecified atom stereocenters. The number of fused-ring (bicyclic) bond motifs is 4. The third kappa shape index (κ3) is 3.92. The highest BCUT2D eigenvalue weighted by Gasteiger charge is 2.36. The Kier molecular flexibility index (Phi) is 5.40. The van der Waals surface area contributed by atoms with Crippen molar-refractivity contribution in [1.82, 2.24) is 9.47 Å². The summed E-state index contributed by atoms with van der Waals surface area (Å²) in [7, 11) is 0. The summed E-state index contributed by atoms with van der Waals surface area (Å²) in [6.07, 6.45) is 1.93. The molecule has 0 aliphatic carbocycles. The maximum Gasteiger partial charge on any atom is 0.250 e. The average molecular weight is 457 g/mol. The molecule has 0 spiro atoms. The second kappa shape index (κ2) is 8.21. The first-order chi connectivity index (χ1) is 15.0. The molecule has 7 heteroatoms. The average Bonchev–Trinajstić information content (AvgIpc) is 3.21. The molecule has 0 radical (unpaired) electrons. The number of benzene rings is 1. The molecule has 0 saturated carbocycles. The van der Waals surface area contributed by atoms with Crippen LogP contribution in [0.3, 0.4) is 0 Å². The van der Waals surface area contributed by atoms with Gasteiger partial charge in [-0.3, -0.25) is 9.59 Å². The molecule has 5 nitrogen and oxygen atoms in total. The lowest BCUT2D eigenvalue weighted by Gasteiger charge is -2.42. The molecule has 3 aromatic rings. The number of rotatable bonds is 4. The molecule has 2 aliphatic heterocycles. The number of hydrogen-bond donors (Lipinski definition) is 0. The molecule has 2 aliphatic rings. The van der Waals surface area contributed by atoms with E-state index in [0.717, 1.165) is 17.9 Å². The van der Waals surface area contributed by atoms with Crippen molar-refractivity contribution in [3.8, 4) is 11.3 Å². The predicted octanol–water partition coefficient (Wildman–Crippen LogP) is 4.99. The number of nitrogens with zero attached hydrogens (tertiary/aromatic N) is 2. The summed E-state index contributed by atoms with van der Waals surface area (Å²) in [5, 5.41) is 1.06. The molecule has 1 amide bonds. The van der Waals surface area contributed by atoms with Gasteiger partial charge in [0.1, 0.15) is 11.5 Å². The van der Waals surface area contributed by atoms with Crippen LogP contribution in [0, 0.1) is 5.92 Å². The number of furan rings is 1. The fourth-order valence-electron chi connectivity index (χ4n) is 4.87. The zero-order chi connectivity index (χ0) is 21.5. The van der Waals surface area contributed by atoms with E-state index in [-0.39, 0.29) is 17.4 Å². The number of piperidine rings is 1. The van der Waals surface area contributed by atoms with E-state index >= 15 is 0 Å². The Bertz CT molecular complexity index is 1180. The molecule has 1 fully saturated rings. The molecule has 4 heterocycles. The topological polar surface area (TPSA) is 55.5 Å². The zero-order valence-electron chi connectivity index (χ0n) is 16.9. The first kappa shape index (κ1) is 20.4. The molecular formula is C24H22Cl2N2O3. The van der Waals surface area contributed by atoms with Gasteiger partial charge in [-0.15, -0.1) is 0 Å². The fraction of sp³-hybridized carbons (Fsp3) is 0.333. The van der Waals surface area contributed by atoms with E-state index in [1.165, 1.54) is 0 Å². The standard InChI is InChI=1S/C24H22Cl2N2O3/c25-18-3-1-4-19(26)24(18)21-9-7-17(31-21)8-10-22(29)27-12-15-11-16(14-27)20-5-2-6-23(30)28(20)13-15/h1-7,9,15-16H,8,10-14H2. The summed E-state index contributed by atoms with van der Waals surface area (Å²) in [5.41, 5.74) is 1.77. The van der Waals surface area contributed by atoms with Crippen molar-refractivity contribution in [2.24, 2.45) is 5.92 Å². The number of likely N-dealkylation sites (tertiary alicyclic amines) is 1. The van der Waals surface area contributed by atoms with Gasteiger partial charge < -0.3 is 13.9 Å². The minimum atomic E-state index is 0.0548. The third-order valence-electron chi connectivity index (χ3n) is 6.29. The molecule has 5 rings (SSSR count). The maximum absolute atomic E-state index is 12.9. The fourth-order valence-corrected chi connectivity index (χ4v) is 5.45. The number of pyridine rings is 1. The number of amides is 1. The van der Waals surface area contributed by atoms with Crippen molar-refractivity contribution < 1.29 is 9.21 Å². The Morgan fingerprint density at radius 2 is 1.77 bits per heavy atom. The van der Waals surface area contributed by atoms with Crippen LogP contribution >= 0.6 is 23.2 Å². The van der Waals surface area contributed by atoms with E-state index < -0.39 is 0 Å². The third-order valence-corrected chi connectivity index (χ3v) is 6.92. The summed E-state index contributed by atoms with van der Waals surface area (Å²) in [6, 6.07) is 14.5. The number of carbonyl (C=O) groups excluding carboxylic acids is 1. The maximum atomic E-state index is 12.9. The largest absolute Gasteiger partial charge is 0.461 e. The van der Waals surface area contributed by atoms with Gasteiger partial charge in [0.05, 0.1) is 15.6 Å². The van der Waals surface area contributed by atoms with Gasteiger partial charge in [0.25, 0.3) is 5.56 Å². The molecule has 31 heavy (non-hydrogen) atoms. The lowest BCUT2D eigenvalue weighted by atomic mass is 9.83. The Morgan fingerprint density at radius 1 is 1.00 bits per heavy atom. The number of halogens is 2. The number of hydrogen-bond acceptors (Lipinski definition) is 3. The van der Waals surface area contributed by atoms with Gasteiger partial charge in [-0.25, -0.2) is 0 Å².